The molecule has 0 saturated carbocycles. The van der Waals surface area contributed by atoms with Crippen LogP contribution in [-0.4, -0.2) is 124 Å². The van der Waals surface area contributed by atoms with Crippen molar-refractivity contribution < 1.29 is 39.0 Å². The number of aromatic nitrogens is 2. The minimum atomic E-state index is -1.32. The summed E-state index contributed by atoms with van der Waals surface area (Å²) in [5.41, 5.74) is 24.1. The molecule has 0 bridgehead atoms. The molecule has 324 valence electrons. The molecular formula is C38H63N11O8S. The number of aromatic hydroxyl groups is 1. The van der Waals surface area contributed by atoms with Gasteiger partial charge in [-0.1, -0.05) is 18.6 Å². The third-order valence-corrected chi connectivity index (χ3v) is 9.96. The van der Waals surface area contributed by atoms with Crippen molar-refractivity contribution in [1.29, 1.82) is 0 Å². The second-order valence-electron chi connectivity index (χ2n) is 14.0. The Bertz CT molecular complexity index is 1550. The van der Waals surface area contributed by atoms with E-state index in [1.165, 1.54) is 36.4 Å². The lowest BCUT2D eigenvalue weighted by Gasteiger charge is -2.27. The molecule has 5 amide bonds. The highest BCUT2D eigenvalue weighted by Crippen LogP contribution is 2.14. The van der Waals surface area contributed by atoms with Crippen LogP contribution >= 0.6 is 11.8 Å². The van der Waals surface area contributed by atoms with Crippen LogP contribution in [0.1, 0.15) is 75.5 Å². The summed E-state index contributed by atoms with van der Waals surface area (Å²) in [7, 11) is 0. The number of phenolic OH excluding ortho intramolecular Hbond substituents is 1. The minimum Gasteiger partial charge on any atom is -0.508 e. The number of carboxylic acid groups (broad SMARTS) is 1. The Morgan fingerprint density at radius 2 is 1.12 bits per heavy atom. The zero-order chi connectivity index (χ0) is 42.9. The molecule has 1 aromatic carbocycles. The van der Waals surface area contributed by atoms with Gasteiger partial charge in [0.1, 0.15) is 36.0 Å². The van der Waals surface area contributed by atoms with Crippen LogP contribution in [0.4, 0.5) is 0 Å². The number of aromatic amines is 1. The first-order valence-electron chi connectivity index (χ1n) is 19.7. The van der Waals surface area contributed by atoms with Gasteiger partial charge in [0.2, 0.25) is 29.5 Å². The van der Waals surface area contributed by atoms with E-state index < -0.39 is 71.8 Å². The fraction of sp³-hybridized carbons (Fsp3) is 0.605. The molecule has 1 aromatic heterocycles. The Balaban J connectivity index is 2.42. The van der Waals surface area contributed by atoms with Crippen LogP contribution in [0.5, 0.6) is 5.75 Å². The van der Waals surface area contributed by atoms with E-state index in [9.17, 15) is 39.0 Å². The van der Waals surface area contributed by atoms with E-state index in [-0.39, 0.29) is 37.9 Å². The van der Waals surface area contributed by atoms with Gasteiger partial charge in [-0.3, -0.25) is 24.0 Å². The molecule has 0 saturated heterocycles. The fourth-order valence-electron chi connectivity index (χ4n) is 5.93. The molecule has 0 aliphatic heterocycles. The molecule has 0 unspecified atom stereocenters. The van der Waals surface area contributed by atoms with Crippen LogP contribution in [0.25, 0.3) is 0 Å². The normalized spacial score (nSPS) is 14.2. The third kappa shape index (κ3) is 18.7. The maximum atomic E-state index is 14.2. The molecule has 0 radical (unpaired) electrons. The number of nitrogens with one attached hydrogen (secondary N) is 6. The highest BCUT2D eigenvalue weighted by Gasteiger charge is 2.33. The number of hydrogen-bond donors (Lipinski definition) is 12. The molecule has 2 rings (SSSR count). The number of nitrogens with zero attached hydrogens (tertiary/aromatic N) is 1. The summed E-state index contributed by atoms with van der Waals surface area (Å²) in [6.07, 6.45) is 8.74. The van der Waals surface area contributed by atoms with Crippen molar-refractivity contribution in [3.63, 3.8) is 0 Å². The zero-order valence-electron chi connectivity index (χ0n) is 33.3. The average molecular weight is 834 g/mol. The number of carbonyl (C=O) groups excluding carboxylic acids is 5. The number of unbranched alkanes of at least 4 members (excludes halogenated alkanes) is 3. The van der Waals surface area contributed by atoms with Gasteiger partial charge in [0, 0.05) is 24.7 Å². The Morgan fingerprint density at radius 3 is 1.60 bits per heavy atom. The van der Waals surface area contributed by atoms with Crippen molar-refractivity contribution in [2.75, 3.05) is 31.6 Å². The Labute approximate surface area is 343 Å². The molecule has 0 fully saturated rings. The zero-order valence-corrected chi connectivity index (χ0v) is 34.1. The van der Waals surface area contributed by atoms with E-state index >= 15 is 0 Å². The first-order valence-corrected chi connectivity index (χ1v) is 21.1. The summed E-state index contributed by atoms with van der Waals surface area (Å²) >= 11 is 1.42. The molecule has 20 heteroatoms. The van der Waals surface area contributed by atoms with Gasteiger partial charge in [0.25, 0.3) is 0 Å². The van der Waals surface area contributed by atoms with E-state index in [0.717, 1.165) is 0 Å². The number of rotatable bonds is 30. The number of thioether (sulfide) groups is 1. The van der Waals surface area contributed by atoms with Gasteiger partial charge >= 0.3 is 5.97 Å². The van der Waals surface area contributed by atoms with Gasteiger partial charge in [-0.2, -0.15) is 11.8 Å². The highest BCUT2D eigenvalue weighted by molar-refractivity contribution is 7.98. The van der Waals surface area contributed by atoms with Crippen LogP contribution < -0.4 is 49.5 Å². The number of phenols is 1. The molecule has 0 aliphatic carbocycles. The highest BCUT2D eigenvalue weighted by atomic mass is 32.2. The van der Waals surface area contributed by atoms with E-state index in [1.54, 1.807) is 12.1 Å². The average Bonchev–Trinajstić information content (AvgIpc) is 3.72. The summed E-state index contributed by atoms with van der Waals surface area (Å²) in [6, 6.07) is -0.949. The number of benzene rings is 1. The maximum Gasteiger partial charge on any atom is 0.326 e. The number of amides is 5. The van der Waals surface area contributed by atoms with Gasteiger partial charge in [-0.25, -0.2) is 9.78 Å². The van der Waals surface area contributed by atoms with E-state index in [0.29, 0.717) is 81.6 Å². The van der Waals surface area contributed by atoms with Crippen molar-refractivity contribution in [3.05, 3.63) is 48.0 Å². The SMILES string of the molecule is CSCC[C@H](NC(=O)[C@H](CCCCN)NC(=O)[C@H](Cc1ccc(O)cc1)NC(=O)[C@H](Cc1cnc[nH]1)NC(=O)[C@H](CCCCN)NC(=O)[C@@H](N)CCCCN)C(=O)O. The van der Waals surface area contributed by atoms with Crippen molar-refractivity contribution in [3.8, 4) is 5.75 Å². The van der Waals surface area contributed by atoms with Gasteiger partial charge < -0.3 is 64.7 Å². The molecule has 19 nitrogen and oxygen atoms in total. The number of imidazole rings is 1. The van der Waals surface area contributed by atoms with E-state index in [2.05, 4.69) is 36.6 Å². The summed E-state index contributed by atoms with van der Waals surface area (Å²) in [6.45, 7) is 1.14. The quantitative estimate of drug-likeness (QED) is 0.0415. The first kappa shape index (κ1) is 49.4. The first-order chi connectivity index (χ1) is 27.8. The number of carbonyl (C=O) groups is 6. The monoisotopic (exact) mass is 833 g/mol. The summed E-state index contributed by atoms with van der Waals surface area (Å²) in [4.78, 5) is 87.6. The predicted molar refractivity (Wildman–Crippen MR) is 221 cm³/mol. The number of H-pyrrole nitrogens is 1. The van der Waals surface area contributed by atoms with Gasteiger partial charge in [0.15, 0.2) is 0 Å². The molecule has 6 atom stereocenters. The third-order valence-electron chi connectivity index (χ3n) is 9.31. The number of hydrogen-bond acceptors (Lipinski definition) is 13. The smallest absolute Gasteiger partial charge is 0.326 e. The van der Waals surface area contributed by atoms with Gasteiger partial charge in [-0.05, 0) is 107 Å². The van der Waals surface area contributed by atoms with E-state index in [4.69, 9.17) is 22.9 Å². The Kier molecular flexibility index (Phi) is 23.7. The van der Waals surface area contributed by atoms with Crippen LogP contribution in [0.2, 0.25) is 0 Å². The summed E-state index contributed by atoms with van der Waals surface area (Å²) in [5.74, 6) is -4.19. The standard InChI is InChI=1S/C38H63N11O8S/c1-58-19-15-30(38(56)57)47-34(52)29(10-4-7-18-41)46-36(54)31(20-24-11-13-26(50)14-12-24)48-37(55)32(21-25-22-43-23-44-25)49-35(53)28(9-3-6-17-40)45-33(51)27(42)8-2-5-16-39/h11-14,22-23,27-32,50H,2-10,15-21,39-42H2,1H3,(H,43,44)(H,45,51)(H,46,54)(H,47,52)(H,48,55)(H,49,53)(H,56,57)/t27-,28-,29-,30-,31-,32-/m0/s1. The van der Waals surface area contributed by atoms with Crippen molar-refractivity contribution in [2.24, 2.45) is 22.9 Å². The van der Waals surface area contributed by atoms with Crippen molar-refractivity contribution in [2.45, 2.75) is 113 Å². The molecule has 2 aromatic rings. The van der Waals surface area contributed by atoms with Crippen LogP contribution in [0.3, 0.4) is 0 Å². The Hall–Kier alpha value is -4.76. The molecule has 0 aliphatic rings. The lowest BCUT2D eigenvalue weighted by molar-refractivity contribution is -0.142. The Morgan fingerprint density at radius 1 is 0.655 bits per heavy atom. The number of nitrogens with two attached hydrogens (primary N) is 4. The fourth-order valence-corrected chi connectivity index (χ4v) is 6.40. The van der Waals surface area contributed by atoms with Crippen LogP contribution in [0.15, 0.2) is 36.8 Å². The number of aliphatic carboxylic acids is 1. The maximum absolute atomic E-state index is 14.2. The molecule has 1 heterocycles. The van der Waals surface area contributed by atoms with E-state index in [1.807, 2.05) is 6.26 Å². The minimum absolute atomic E-state index is 0.0214. The second-order valence-corrected chi connectivity index (χ2v) is 15.0. The van der Waals surface area contributed by atoms with Crippen molar-refractivity contribution in [1.82, 2.24) is 36.6 Å². The van der Waals surface area contributed by atoms with Crippen LogP contribution in [0, 0.1) is 0 Å². The topological polar surface area (TPSA) is 336 Å². The van der Waals surface area contributed by atoms with Gasteiger partial charge in [0.05, 0.1) is 12.4 Å². The van der Waals surface area contributed by atoms with Crippen LogP contribution in [-0.2, 0) is 41.6 Å². The molecule has 58 heavy (non-hydrogen) atoms. The van der Waals surface area contributed by atoms with Gasteiger partial charge in [-0.15, -0.1) is 0 Å². The molecular weight excluding hydrogens is 771 g/mol. The summed E-state index contributed by atoms with van der Waals surface area (Å²) < 4.78 is 0. The van der Waals surface area contributed by atoms with Crippen molar-refractivity contribution >= 4 is 47.3 Å². The lowest BCUT2D eigenvalue weighted by Crippen LogP contribution is -2.60. The second kappa shape index (κ2) is 27.8. The lowest BCUT2D eigenvalue weighted by atomic mass is 10.0. The number of carboxylic acids is 1. The molecule has 0 spiro atoms. The summed E-state index contributed by atoms with van der Waals surface area (Å²) in [5, 5.41) is 33.0. The molecule has 16 N–H and O–H groups in total. The predicted octanol–water partition coefficient (Wildman–Crippen LogP) is -1.12. The largest absolute Gasteiger partial charge is 0.508 e.